The first-order chi connectivity index (χ1) is 6.61. The Balaban J connectivity index is 2.19. The van der Waals surface area contributed by atoms with Crippen LogP contribution in [0, 0.1) is 11.8 Å². The van der Waals surface area contributed by atoms with Gasteiger partial charge < -0.3 is 11.1 Å². The van der Waals surface area contributed by atoms with E-state index in [0.717, 1.165) is 5.92 Å². The van der Waals surface area contributed by atoms with Crippen molar-refractivity contribution in [3.63, 3.8) is 0 Å². The van der Waals surface area contributed by atoms with E-state index in [0.29, 0.717) is 12.6 Å². The zero-order valence-corrected chi connectivity index (χ0v) is 9.25. The predicted octanol–water partition coefficient (Wildman–Crippen LogP) is 1.28. The van der Waals surface area contributed by atoms with Crippen molar-refractivity contribution in [2.24, 2.45) is 17.6 Å². The highest BCUT2D eigenvalue weighted by Gasteiger charge is 2.21. The lowest BCUT2D eigenvalue weighted by Gasteiger charge is -2.21. The summed E-state index contributed by atoms with van der Waals surface area (Å²) < 4.78 is 0. The summed E-state index contributed by atoms with van der Waals surface area (Å²) in [7, 11) is 0. The lowest BCUT2D eigenvalue weighted by molar-refractivity contribution is -0.121. The average Bonchev–Trinajstić information content (AvgIpc) is 2.66. The summed E-state index contributed by atoms with van der Waals surface area (Å²) in [4.78, 5) is 10.8. The fourth-order valence-electron chi connectivity index (χ4n) is 2.09. The third-order valence-electron chi connectivity index (χ3n) is 3.34. The molecule has 0 aromatic heterocycles. The molecule has 1 aliphatic rings. The number of hydrogen-bond acceptors (Lipinski definition) is 2. The van der Waals surface area contributed by atoms with E-state index in [4.69, 9.17) is 5.73 Å². The summed E-state index contributed by atoms with van der Waals surface area (Å²) in [6.45, 7) is 4.80. The number of carbonyl (C=O) groups is 1. The largest absolute Gasteiger partial charge is 0.369 e. The van der Waals surface area contributed by atoms with Crippen LogP contribution in [0.5, 0.6) is 0 Å². The highest BCUT2D eigenvalue weighted by atomic mass is 16.1. The van der Waals surface area contributed by atoms with Crippen molar-refractivity contribution in [2.75, 3.05) is 6.54 Å². The fourth-order valence-corrected chi connectivity index (χ4v) is 2.09. The van der Waals surface area contributed by atoms with Gasteiger partial charge in [-0.1, -0.05) is 19.8 Å². The molecule has 2 unspecified atom stereocenters. The summed E-state index contributed by atoms with van der Waals surface area (Å²) in [5, 5.41) is 3.40. The van der Waals surface area contributed by atoms with Crippen molar-refractivity contribution in [1.82, 2.24) is 5.32 Å². The average molecular weight is 198 g/mol. The van der Waals surface area contributed by atoms with Crippen molar-refractivity contribution in [2.45, 2.75) is 45.6 Å². The minimum atomic E-state index is -0.212. The van der Waals surface area contributed by atoms with Gasteiger partial charge in [-0.25, -0.2) is 0 Å². The quantitative estimate of drug-likeness (QED) is 0.699. The van der Waals surface area contributed by atoms with E-state index in [1.807, 2.05) is 6.92 Å². The Kier molecular flexibility index (Phi) is 4.39. The van der Waals surface area contributed by atoms with Crippen LogP contribution in [-0.4, -0.2) is 18.5 Å². The lowest BCUT2D eigenvalue weighted by Crippen LogP contribution is -2.38. The highest BCUT2D eigenvalue weighted by molar-refractivity contribution is 5.76. The van der Waals surface area contributed by atoms with Gasteiger partial charge in [0, 0.05) is 18.5 Å². The van der Waals surface area contributed by atoms with Gasteiger partial charge in [-0.15, -0.1) is 0 Å². The Hall–Kier alpha value is -0.570. The SMILES string of the molecule is CC(CNC(C)C1CCCC1)C(N)=O. The van der Waals surface area contributed by atoms with Crippen LogP contribution < -0.4 is 11.1 Å². The molecule has 1 rings (SSSR count). The number of nitrogens with two attached hydrogens (primary N) is 1. The van der Waals surface area contributed by atoms with Crippen LogP contribution in [0.2, 0.25) is 0 Å². The van der Waals surface area contributed by atoms with Gasteiger partial charge in [-0.2, -0.15) is 0 Å². The molecule has 14 heavy (non-hydrogen) atoms. The van der Waals surface area contributed by atoms with Crippen LogP contribution >= 0.6 is 0 Å². The second-order valence-electron chi connectivity index (χ2n) is 4.54. The zero-order chi connectivity index (χ0) is 10.6. The number of rotatable bonds is 5. The molecule has 1 aliphatic carbocycles. The molecule has 0 aliphatic heterocycles. The summed E-state index contributed by atoms with van der Waals surface area (Å²) in [5.41, 5.74) is 5.20. The van der Waals surface area contributed by atoms with E-state index < -0.39 is 0 Å². The summed E-state index contributed by atoms with van der Waals surface area (Å²) in [6, 6.07) is 0.527. The maximum Gasteiger partial charge on any atom is 0.221 e. The Morgan fingerprint density at radius 1 is 1.43 bits per heavy atom. The number of amides is 1. The molecule has 1 saturated carbocycles. The van der Waals surface area contributed by atoms with Crippen LogP contribution in [0.25, 0.3) is 0 Å². The van der Waals surface area contributed by atoms with Gasteiger partial charge in [0.1, 0.15) is 0 Å². The smallest absolute Gasteiger partial charge is 0.221 e. The van der Waals surface area contributed by atoms with E-state index in [9.17, 15) is 4.79 Å². The van der Waals surface area contributed by atoms with Gasteiger partial charge in [-0.3, -0.25) is 4.79 Å². The van der Waals surface area contributed by atoms with Gasteiger partial charge >= 0.3 is 0 Å². The molecule has 2 atom stereocenters. The van der Waals surface area contributed by atoms with E-state index in [1.165, 1.54) is 25.7 Å². The standard InChI is InChI=1S/C11H22N2O/c1-8(11(12)14)7-13-9(2)10-5-3-4-6-10/h8-10,13H,3-7H2,1-2H3,(H2,12,14). The molecule has 0 saturated heterocycles. The van der Waals surface area contributed by atoms with Gasteiger partial charge in [0.05, 0.1) is 0 Å². The molecule has 0 bridgehead atoms. The molecular weight excluding hydrogens is 176 g/mol. The first kappa shape index (κ1) is 11.5. The predicted molar refractivity (Wildman–Crippen MR) is 57.8 cm³/mol. The summed E-state index contributed by atoms with van der Waals surface area (Å²) >= 11 is 0. The van der Waals surface area contributed by atoms with Gasteiger partial charge in [0.15, 0.2) is 0 Å². The molecule has 3 heteroatoms. The van der Waals surface area contributed by atoms with Crippen molar-refractivity contribution in [3.05, 3.63) is 0 Å². The fraction of sp³-hybridized carbons (Fsp3) is 0.909. The van der Waals surface area contributed by atoms with E-state index >= 15 is 0 Å². The first-order valence-corrected chi connectivity index (χ1v) is 5.64. The molecule has 82 valence electrons. The zero-order valence-electron chi connectivity index (χ0n) is 9.25. The minimum Gasteiger partial charge on any atom is -0.369 e. The van der Waals surface area contributed by atoms with E-state index in [-0.39, 0.29) is 11.8 Å². The van der Waals surface area contributed by atoms with Crippen molar-refractivity contribution < 1.29 is 4.79 Å². The topological polar surface area (TPSA) is 55.1 Å². The number of hydrogen-bond donors (Lipinski definition) is 2. The molecule has 0 aromatic rings. The van der Waals surface area contributed by atoms with Gasteiger partial charge in [-0.05, 0) is 25.7 Å². The highest BCUT2D eigenvalue weighted by Crippen LogP contribution is 2.27. The van der Waals surface area contributed by atoms with Crippen molar-refractivity contribution in [3.8, 4) is 0 Å². The number of carbonyl (C=O) groups excluding carboxylic acids is 1. The Morgan fingerprint density at radius 3 is 2.50 bits per heavy atom. The van der Waals surface area contributed by atoms with Crippen molar-refractivity contribution in [1.29, 1.82) is 0 Å². The normalized spacial score (nSPS) is 22.1. The van der Waals surface area contributed by atoms with Gasteiger partial charge in [0.2, 0.25) is 5.91 Å². The van der Waals surface area contributed by atoms with E-state index in [1.54, 1.807) is 0 Å². The monoisotopic (exact) mass is 198 g/mol. The van der Waals surface area contributed by atoms with Crippen LogP contribution in [0.3, 0.4) is 0 Å². The molecule has 0 aromatic carbocycles. The molecule has 1 amide bonds. The van der Waals surface area contributed by atoms with Crippen LogP contribution in [0.1, 0.15) is 39.5 Å². The number of primary amides is 1. The summed E-state index contributed by atoms with van der Waals surface area (Å²) in [5.74, 6) is 0.532. The molecule has 3 nitrogen and oxygen atoms in total. The van der Waals surface area contributed by atoms with Crippen molar-refractivity contribution >= 4 is 5.91 Å². The lowest BCUT2D eigenvalue weighted by atomic mass is 9.99. The Morgan fingerprint density at radius 2 is 2.00 bits per heavy atom. The molecule has 0 radical (unpaired) electrons. The minimum absolute atomic E-state index is 0.0566. The van der Waals surface area contributed by atoms with Gasteiger partial charge in [0.25, 0.3) is 0 Å². The third-order valence-corrected chi connectivity index (χ3v) is 3.34. The van der Waals surface area contributed by atoms with Crippen LogP contribution in [0.15, 0.2) is 0 Å². The molecule has 3 N–H and O–H groups in total. The second kappa shape index (κ2) is 5.35. The molecule has 1 fully saturated rings. The molecule has 0 heterocycles. The van der Waals surface area contributed by atoms with Crippen LogP contribution in [-0.2, 0) is 4.79 Å². The molecule has 0 spiro atoms. The second-order valence-corrected chi connectivity index (χ2v) is 4.54. The maximum absolute atomic E-state index is 10.8. The van der Waals surface area contributed by atoms with Crippen LogP contribution in [0.4, 0.5) is 0 Å². The Bertz CT molecular complexity index is 188. The Labute approximate surface area is 86.4 Å². The summed E-state index contributed by atoms with van der Waals surface area (Å²) in [6.07, 6.45) is 5.39. The number of nitrogens with one attached hydrogen (secondary N) is 1. The first-order valence-electron chi connectivity index (χ1n) is 5.64. The van der Waals surface area contributed by atoms with E-state index in [2.05, 4.69) is 12.2 Å². The third kappa shape index (κ3) is 3.29. The molecular formula is C11H22N2O. The maximum atomic E-state index is 10.8.